The van der Waals surface area contributed by atoms with Gasteiger partial charge in [0.1, 0.15) is 0 Å². The van der Waals surface area contributed by atoms with E-state index in [-0.39, 0.29) is 18.5 Å². The van der Waals surface area contributed by atoms with E-state index in [0.717, 1.165) is 38.5 Å². The molecule has 0 aromatic rings. The summed E-state index contributed by atoms with van der Waals surface area (Å²) >= 11 is 0. The number of hydrogen-bond donors (Lipinski definition) is 3. The van der Waals surface area contributed by atoms with Gasteiger partial charge in [-0.2, -0.15) is 0 Å². The summed E-state index contributed by atoms with van der Waals surface area (Å²) in [6.45, 7) is 4.98. The van der Waals surface area contributed by atoms with E-state index in [1.54, 1.807) is 0 Å². The third kappa shape index (κ3) is 56.2. The molecule has 0 aliphatic carbocycles. The molecule has 6 heteroatoms. The van der Waals surface area contributed by atoms with E-state index in [9.17, 15) is 19.8 Å². The number of esters is 1. The summed E-state index contributed by atoms with van der Waals surface area (Å²) in [4.78, 5) is 24.6. The first-order valence-electron chi connectivity index (χ1n) is 32.3. The van der Waals surface area contributed by atoms with E-state index in [4.69, 9.17) is 4.74 Å². The van der Waals surface area contributed by atoms with Crippen LogP contribution in [0.5, 0.6) is 0 Å². The van der Waals surface area contributed by atoms with Crippen LogP contribution in [0.1, 0.15) is 373 Å². The van der Waals surface area contributed by atoms with Gasteiger partial charge in [0.05, 0.1) is 25.4 Å². The Morgan fingerprint density at radius 2 is 0.586 bits per heavy atom. The van der Waals surface area contributed by atoms with Crippen LogP contribution in [0, 0.1) is 0 Å². The van der Waals surface area contributed by atoms with Gasteiger partial charge in [-0.25, -0.2) is 0 Å². The van der Waals surface area contributed by atoms with Gasteiger partial charge in [-0.3, -0.25) is 9.59 Å². The van der Waals surface area contributed by atoms with Gasteiger partial charge in [0, 0.05) is 12.8 Å². The summed E-state index contributed by atoms with van der Waals surface area (Å²) in [6, 6.07) is -0.539. The zero-order chi connectivity index (χ0) is 50.7. The van der Waals surface area contributed by atoms with Gasteiger partial charge in [0.15, 0.2) is 0 Å². The quantitative estimate of drug-likeness (QED) is 0.0417. The molecule has 0 bridgehead atoms. The van der Waals surface area contributed by atoms with E-state index in [1.165, 1.54) is 302 Å². The number of aliphatic hydroxyl groups is 2. The molecule has 0 aromatic heterocycles. The first-order chi connectivity index (χ1) is 34.5. The van der Waals surface area contributed by atoms with E-state index >= 15 is 0 Å². The van der Waals surface area contributed by atoms with Gasteiger partial charge < -0.3 is 20.3 Å². The summed E-state index contributed by atoms with van der Waals surface area (Å²) in [6.07, 6.45) is 71.3. The number of rotatable bonds is 61. The van der Waals surface area contributed by atoms with Crippen LogP contribution in [0.25, 0.3) is 0 Å². The fraction of sp³-hybridized carbons (Fsp3) is 0.969. The van der Waals surface area contributed by atoms with E-state index in [2.05, 4.69) is 19.2 Å². The Morgan fingerprint density at radius 1 is 0.343 bits per heavy atom. The second-order valence-corrected chi connectivity index (χ2v) is 22.5. The van der Waals surface area contributed by atoms with Gasteiger partial charge in [0.2, 0.25) is 5.91 Å². The molecule has 0 radical (unpaired) electrons. The third-order valence-corrected chi connectivity index (χ3v) is 15.4. The standard InChI is InChI=1S/C64H127NO5/c1-3-5-7-9-11-13-15-17-18-19-28-31-34-38-42-46-50-54-58-64(69)70-59-55-51-47-43-39-35-32-29-26-24-22-20-21-23-25-27-30-33-37-41-45-49-53-57-63(68)65-61(60-66)62(67)56-52-48-44-40-36-16-14-12-10-8-6-4-2/h61-62,66-67H,3-60H2,1-2H3,(H,65,68). The van der Waals surface area contributed by atoms with Crippen molar-refractivity contribution in [1.82, 2.24) is 5.32 Å². The lowest BCUT2D eigenvalue weighted by atomic mass is 10.0. The Kier molecular flexibility index (Phi) is 59.4. The number of ether oxygens (including phenoxy) is 1. The third-order valence-electron chi connectivity index (χ3n) is 15.4. The molecule has 0 heterocycles. The molecule has 3 N–H and O–H groups in total. The Bertz CT molecular complexity index is 1010. The van der Waals surface area contributed by atoms with Crippen LogP contribution in [0.2, 0.25) is 0 Å². The Labute approximate surface area is 438 Å². The van der Waals surface area contributed by atoms with Gasteiger partial charge in [-0.1, -0.05) is 335 Å². The highest BCUT2D eigenvalue weighted by molar-refractivity contribution is 5.76. The predicted octanol–water partition coefficient (Wildman–Crippen LogP) is 20.3. The fourth-order valence-corrected chi connectivity index (χ4v) is 10.5. The molecule has 0 fully saturated rings. The summed E-state index contributed by atoms with van der Waals surface area (Å²) < 4.78 is 5.51. The molecule has 0 saturated heterocycles. The number of unbranched alkanes of at least 4 members (excludes halogenated alkanes) is 50. The first-order valence-corrected chi connectivity index (χ1v) is 32.3. The molecule has 2 atom stereocenters. The summed E-state index contributed by atoms with van der Waals surface area (Å²) in [5.74, 6) is -0.0127. The monoisotopic (exact) mass is 990 g/mol. The lowest BCUT2D eigenvalue weighted by Gasteiger charge is -2.22. The molecule has 6 nitrogen and oxygen atoms in total. The molecule has 70 heavy (non-hydrogen) atoms. The average Bonchev–Trinajstić information content (AvgIpc) is 3.36. The smallest absolute Gasteiger partial charge is 0.305 e. The molecule has 0 spiro atoms. The lowest BCUT2D eigenvalue weighted by Crippen LogP contribution is -2.45. The second-order valence-electron chi connectivity index (χ2n) is 22.5. The van der Waals surface area contributed by atoms with Crippen LogP contribution in [0.15, 0.2) is 0 Å². The topological polar surface area (TPSA) is 95.9 Å². The van der Waals surface area contributed by atoms with Crippen molar-refractivity contribution in [2.24, 2.45) is 0 Å². The van der Waals surface area contributed by atoms with Gasteiger partial charge in [0.25, 0.3) is 0 Å². The molecule has 0 aliphatic heterocycles. The van der Waals surface area contributed by atoms with Crippen LogP contribution in [0.4, 0.5) is 0 Å². The molecular formula is C64H127NO5. The normalized spacial score (nSPS) is 12.5. The summed E-state index contributed by atoms with van der Waals surface area (Å²) in [5.41, 5.74) is 0. The minimum Gasteiger partial charge on any atom is -0.466 e. The maximum absolute atomic E-state index is 12.5. The first kappa shape index (κ1) is 68.9. The Hall–Kier alpha value is -1.14. The average molecular weight is 991 g/mol. The molecule has 2 unspecified atom stereocenters. The Morgan fingerprint density at radius 3 is 0.871 bits per heavy atom. The van der Waals surface area contributed by atoms with Crippen LogP contribution >= 0.6 is 0 Å². The number of nitrogens with one attached hydrogen (secondary N) is 1. The van der Waals surface area contributed by atoms with E-state index in [1.807, 2.05) is 0 Å². The number of carbonyl (C=O) groups is 2. The summed E-state index contributed by atoms with van der Waals surface area (Å²) in [5, 5.41) is 23.2. The van der Waals surface area contributed by atoms with Crippen molar-refractivity contribution in [2.45, 2.75) is 386 Å². The maximum atomic E-state index is 12.5. The lowest BCUT2D eigenvalue weighted by molar-refractivity contribution is -0.143. The molecule has 1 amide bonds. The molecule has 0 rings (SSSR count). The highest BCUT2D eigenvalue weighted by Gasteiger charge is 2.20. The van der Waals surface area contributed by atoms with Gasteiger partial charge >= 0.3 is 5.97 Å². The van der Waals surface area contributed by atoms with Crippen molar-refractivity contribution >= 4 is 11.9 Å². The molecule has 0 aliphatic rings. The molecular weight excluding hydrogens is 863 g/mol. The highest BCUT2D eigenvalue weighted by Crippen LogP contribution is 2.19. The van der Waals surface area contributed by atoms with Gasteiger partial charge in [-0.15, -0.1) is 0 Å². The SMILES string of the molecule is CCCCCCCCCCCCCCCCCCCCC(=O)OCCCCCCCCCCCCCCCCCCCCCCCCCC(=O)NC(CO)C(O)CCCCCCCCCCCCCC. The zero-order valence-electron chi connectivity index (χ0n) is 47.8. The zero-order valence-corrected chi connectivity index (χ0v) is 47.8. The van der Waals surface area contributed by atoms with Crippen LogP contribution in [0.3, 0.4) is 0 Å². The van der Waals surface area contributed by atoms with Crippen LogP contribution in [-0.4, -0.2) is 47.4 Å². The number of hydrogen-bond acceptors (Lipinski definition) is 5. The van der Waals surface area contributed by atoms with Crippen molar-refractivity contribution in [2.75, 3.05) is 13.2 Å². The summed E-state index contributed by atoms with van der Waals surface area (Å²) in [7, 11) is 0. The number of carbonyl (C=O) groups excluding carboxylic acids is 2. The van der Waals surface area contributed by atoms with Crippen molar-refractivity contribution in [3.8, 4) is 0 Å². The maximum Gasteiger partial charge on any atom is 0.305 e. The number of aliphatic hydroxyl groups excluding tert-OH is 2. The predicted molar refractivity (Wildman–Crippen MR) is 306 cm³/mol. The van der Waals surface area contributed by atoms with Crippen molar-refractivity contribution in [3.05, 3.63) is 0 Å². The molecule has 418 valence electrons. The van der Waals surface area contributed by atoms with Crippen LogP contribution < -0.4 is 5.32 Å². The minimum absolute atomic E-state index is 0.0198. The highest BCUT2D eigenvalue weighted by atomic mass is 16.5. The van der Waals surface area contributed by atoms with E-state index < -0.39 is 12.1 Å². The minimum atomic E-state index is -0.661. The van der Waals surface area contributed by atoms with Crippen molar-refractivity contribution in [3.63, 3.8) is 0 Å². The number of amides is 1. The molecule has 0 aromatic carbocycles. The largest absolute Gasteiger partial charge is 0.466 e. The fourth-order valence-electron chi connectivity index (χ4n) is 10.5. The van der Waals surface area contributed by atoms with Crippen molar-refractivity contribution in [1.29, 1.82) is 0 Å². The second kappa shape index (κ2) is 60.4. The van der Waals surface area contributed by atoms with Gasteiger partial charge in [-0.05, 0) is 25.7 Å². The van der Waals surface area contributed by atoms with Crippen molar-refractivity contribution < 1.29 is 24.5 Å². The van der Waals surface area contributed by atoms with E-state index in [0.29, 0.717) is 25.9 Å². The Balaban J connectivity index is 3.32. The molecule has 0 saturated carbocycles. The van der Waals surface area contributed by atoms with Crippen LogP contribution in [-0.2, 0) is 14.3 Å².